The summed E-state index contributed by atoms with van der Waals surface area (Å²) in [7, 11) is 1.68. The molecular weight excluding hydrogens is 372 g/mol. The van der Waals surface area contributed by atoms with Crippen LogP contribution in [0.2, 0.25) is 0 Å². The second-order valence-corrected chi connectivity index (χ2v) is 8.14. The number of hydrogen-bond acceptors (Lipinski definition) is 5. The van der Waals surface area contributed by atoms with Crippen LogP contribution < -0.4 is 4.74 Å². The number of thiophene rings is 1. The number of aromatic nitrogens is 1. The van der Waals surface area contributed by atoms with Gasteiger partial charge in [0, 0.05) is 13.1 Å². The molecule has 6 heteroatoms. The first kappa shape index (κ1) is 18.7. The summed E-state index contributed by atoms with van der Waals surface area (Å²) in [5, 5.41) is 1.98. The molecule has 0 unspecified atom stereocenters. The number of ether oxygens (including phenoxy) is 1. The Morgan fingerprint density at radius 1 is 1.25 bits per heavy atom. The maximum Gasteiger partial charge on any atom is 0.276 e. The summed E-state index contributed by atoms with van der Waals surface area (Å²) in [5.41, 5.74) is 1.76. The van der Waals surface area contributed by atoms with Crippen LogP contribution in [0, 0.1) is 12.8 Å². The predicted molar refractivity (Wildman–Crippen MR) is 110 cm³/mol. The summed E-state index contributed by atoms with van der Waals surface area (Å²) in [4.78, 5) is 20.3. The van der Waals surface area contributed by atoms with Crippen LogP contribution in [-0.4, -0.2) is 36.0 Å². The maximum absolute atomic E-state index is 12.9. The van der Waals surface area contributed by atoms with Crippen LogP contribution in [0.1, 0.15) is 34.7 Å². The second kappa shape index (κ2) is 8.19. The fourth-order valence-electron chi connectivity index (χ4n) is 3.69. The number of aryl methyl sites for hydroxylation is 1. The summed E-state index contributed by atoms with van der Waals surface area (Å²) in [5.74, 6) is 2.58. The molecule has 1 aliphatic rings. The summed E-state index contributed by atoms with van der Waals surface area (Å²) < 4.78 is 11.0. The molecule has 3 aromatic rings. The molecule has 0 atom stereocenters. The maximum atomic E-state index is 12.9. The van der Waals surface area contributed by atoms with Crippen molar-refractivity contribution in [1.29, 1.82) is 0 Å². The molecule has 0 bridgehead atoms. The van der Waals surface area contributed by atoms with Crippen molar-refractivity contribution >= 4 is 17.2 Å². The molecule has 0 spiro atoms. The fraction of sp³-hybridized carbons (Fsp3) is 0.364. The number of carbonyl (C=O) groups is 1. The highest BCUT2D eigenvalue weighted by atomic mass is 32.1. The van der Waals surface area contributed by atoms with Crippen LogP contribution in [0.4, 0.5) is 0 Å². The largest absolute Gasteiger partial charge is 0.497 e. The van der Waals surface area contributed by atoms with Crippen LogP contribution in [0.5, 0.6) is 5.75 Å². The monoisotopic (exact) mass is 396 g/mol. The molecule has 0 saturated carbocycles. The topological polar surface area (TPSA) is 55.6 Å². The van der Waals surface area contributed by atoms with E-state index in [0.29, 0.717) is 23.3 Å². The van der Waals surface area contributed by atoms with Gasteiger partial charge in [0.2, 0.25) is 5.89 Å². The van der Waals surface area contributed by atoms with E-state index < -0.39 is 0 Å². The number of methoxy groups -OCH3 is 1. The van der Waals surface area contributed by atoms with Crippen molar-refractivity contribution in [3.05, 3.63) is 58.8 Å². The van der Waals surface area contributed by atoms with Crippen LogP contribution in [0.3, 0.4) is 0 Å². The van der Waals surface area contributed by atoms with Gasteiger partial charge in [-0.3, -0.25) is 4.79 Å². The summed E-state index contributed by atoms with van der Waals surface area (Å²) in [6, 6.07) is 12.2. The minimum absolute atomic E-state index is 0.0213. The zero-order valence-corrected chi connectivity index (χ0v) is 17.0. The van der Waals surface area contributed by atoms with Crippen molar-refractivity contribution in [2.24, 2.45) is 5.92 Å². The quantitative estimate of drug-likeness (QED) is 0.621. The first-order valence-electron chi connectivity index (χ1n) is 9.57. The summed E-state index contributed by atoms with van der Waals surface area (Å²) in [6.07, 6.45) is 3.05. The highest BCUT2D eigenvalue weighted by Gasteiger charge is 2.27. The summed E-state index contributed by atoms with van der Waals surface area (Å²) >= 11 is 1.56. The Kier molecular flexibility index (Phi) is 5.48. The lowest BCUT2D eigenvalue weighted by atomic mass is 9.90. The Bertz CT molecular complexity index is 923. The van der Waals surface area contributed by atoms with E-state index in [9.17, 15) is 4.79 Å². The van der Waals surface area contributed by atoms with E-state index in [-0.39, 0.29) is 5.91 Å². The van der Waals surface area contributed by atoms with Crippen LogP contribution in [0.15, 0.2) is 46.2 Å². The zero-order chi connectivity index (χ0) is 19.5. The third kappa shape index (κ3) is 3.97. The smallest absolute Gasteiger partial charge is 0.276 e. The van der Waals surface area contributed by atoms with Gasteiger partial charge in [-0.2, -0.15) is 0 Å². The highest BCUT2D eigenvalue weighted by molar-refractivity contribution is 7.13. The van der Waals surface area contributed by atoms with Crippen molar-refractivity contribution < 1.29 is 13.9 Å². The number of likely N-dealkylation sites (tertiary alicyclic amines) is 1. The van der Waals surface area contributed by atoms with Crippen LogP contribution in [-0.2, 0) is 6.42 Å². The van der Waals surface area contributed by atoms with Crippen molar-refractivity contribution in [2.45, 2.75) is 26.2 Å². The molecule has 1 aromatic carbocycles. The molecule has 28 heavy (non-hydrogen) atoms. The number of amides is 1. The Morgan fingerprint density at radius 3 is 2.64 bits per heavy atom. The molecule has 0 N–H and O–H groups in total. The van der Waals surface area contributed by atoms with Crippen LogP contribution >= 0.6 is 11.3 Å². The lowest BCUT2D eigenvalue weighted by Crippen LogP contribution is -2.39. The first-order valence-corrected chi connectivity index (χ1v) is 10.5. The molecule has 1 saturated heterocycles. The van der Waals surface area contributed by atoms with Crippen molar-refractivity contribution in [3.63, 3.8) is 0 Å². The molecule has 4 rings (SSSR count). The minimum atomic E-state index is -0.0213. The van der Waals surface area contributed by atoms with Crippen molar-refractivity contribution in [2.75, 3.05) is 20.2 Å². The Labute approximate surface area is 169 Å². The van der Waals surface area contributed by atoms with E-state index in [0.717, 1.165) is 43.0 Å². The average Bonchev–Trinajstić information content (AvgIpc) is 3.38. The fourth-order valence-corrected chi connectivity index (χ4v) is 4.33. The average molecular weight is 397 g/mol. The molecule has 3 heterocycles. The third-order valence-electron chi connectivity index (χ3n) is 5.32. The molecule has 1 aliphatic heterocycles. The highest BCUT2D eigenvalue weighted by Crippen LogP contribution is 2.28. The van der Waals surface area contributed by atoms with Gasteiger partial charge in [-0.1, -0.05) is 18.2 Å². The van der Waals surface area contributed by atoms with E-state index in [1.54, 1.807) is 18.4 Å². The van der Waals surface area contributed by atoms with E-state index in [1.165, 1.54) is 5.56 Å². The van der Waals surface area contributed by atoms with Crippen molar-refractivity contribution in [1.82, 2.24) is 9.88 Å². The van der Waals surface area contributed by atoms with Gasteiger partial charge in [0.05, 0.1) is 12.0 Å². The molecule has 0 radical (unpaired) electrons. The Hall–Kier alpha value is -2.60. The van der Waals surface area contributed by atoms with Gasteiger partial charge >= 0.3 is 0 Å². The Morgan fingerprint density at radius 2 is 2.00 bits per heavy atom. The van der Waals surface area contributed by atoms with Crippen molar-refractivity contribution in [3.8, 4) is 16.5 Å². The SMILES string of the molecule is COc1ccc(CC2CCN(C(=O)c3nc(-c4cccs4)oc3C)CC2)cc1. The van der Waals surface area contributed by atoms with Gasteiger partial charge in [-0.05, 0) is 61.2 Å². The number of rotatable bonds is 5. The Balaban J connectivity index is 1.36. The second-order valence-electron chi connectivity index (χ2n) is 7.19. The van der Waals surface area contributed by atoms with Crippen LogP contribution in [0.25, 0.3) is 10.8 Å². The number of nitrogens with zero attached hydrogens (tertiary/aromatic N) is 2. The molecular formula is C22H24N2O3S. The van der Waals surface area contributed by atoms with E-state index >= 15 is 0 Å². The minimum Gasteiger partial charge on any atom is -0.497 e. The van der Waals surface area contributed by atoms with E-state index in [4.69, 9.17) is 9.15 Å². The lowest BCUT2D eigenvalue weighted by Gasteiger charge is -2.31. The van der Waals surface area contributed by atoms with Gasteiger partial charge in [-0.25, -0.2) is 4.98 Å². The third-order valence-corrected chi connectivity index (χ3v) is 6.17. The number of piperidine rings is 1. The van der Waals surface area contributed by atoms with Gasteiger partial charge in [0.15, 0.2) is 5.69 Å². The molecule has 146 valence electrons. The lowest BCUT2D eigenvalue weighted by molar-refractivity contribution is 0.0683. The zero-order valence-electron chi connectivity index (χ0n) is 16.2. The van der Waals surface area contributed by atoms with Gasteiger partial charge in [-0.15, -0.1) is 11.3 Å². The summed E-state index contributed by atoms with van der Waals surface area (Å²) in [6.45, 7) is 3.34. The molecule has 5 nitrogen and oxygen atoms in total. The molecule has 0 aliphatic carbocycles. The standard InChI is InChI=1S/C22H24N2O3S/c1-15-20(23-21(27-15)19-4-3-13-28-19)22(25)24-11-9-17(10-12-24)14-16-5-7-18(26-2)8-6-16/h3-8,13,17H,9-12,14H2,1-2H3. The molecule has 1 amide bonds. The van der Waals surface area contributed by atoms with E-state index in [1.807, 2.05) is 41.5 Å². The van der Waals surface area contributed by atoms with Gasteiger partial charge in [0.25, 0.3) is 5.91 Å². The predicted octanol–water partition coefficient (Wildman–Crippen LogP) is 4.82. The first-order chi connectivity index (χ1) is 13.6. The normalized spacial score (nSPS) is 15.0. The number of benzene rings is 1. The number of oxazole rings is 1. The van der Waals surface area contributed by atoms with Gasteiger partial charge < -0.3 is 14.1 Å². The molecule has 2 aromatic heterocycles. The van der Waals surface area contributed by atoms with Gasteiger partial charge in [0.1, 0.15) is 11.5 Å². The number of carbonyl (C=O) groups excluding carboxylic acids is 1. The molecule has 1 fully saturated rings. The number of hydrogen-bond donors (Lipinski definition) is 0. The van der Waals surface area contributed by atoms with E-state index in [2.05, 4.69) is 17.1 Å².